The predicted octanol–water partition coefficient (Wildman–Crippen LogP) is 3.63. The van der Waals surface area contributed by atoms with Crippen molar-refractivity contribution in [3.63, 3.8) is 0 Å². The third-order valence-corrected chi connectivity index (χ3v) is 3.76. The average Bonchev–Trinajstić information content (AvgIpc) is 2.38. The Hall–Kier alpha value is -0.740. The third kappa shape index (κ3) is 4.86. The van der Waals surface area contributed by atoms with Gasteiger partial charge in [-0.2, -0.15) is 11.8 Å². The third-order valence-electron chi connectivity index (χ3n) is 2.78. The molecule has 1 N–H and O–H groups in total. The van der Waals surface area contributed by atoms with Crippen molar-refractivity contribution in [1.29, 1.82) is 0 Å². The molecule has 2 nitrogen and oxygen atoms in total. The van der Waals surface area contributed by atoms with E-state index in [2.05, 4.69) is 12.2 Å². The molecule has 0 radical (unpaired) electrons. The lowest BCUT2D eigenvalue weighted by Crippen LogP contribution is -2.13. The van der Waals surface area contributed by atoms with E-state index >= 15 is 0 Å². The maximum atomic E-state index is 13.8. The van der Waals surface area contributed by atoms with Crippen LogP contribution in [0.5, 0.6) is 5.75 Å². The zero-order valence-corrected chi connectivity index (χ0v) is 12.1. The summed E-state index contributed by atoms with van der Waals surface area (Å²) in [7, 11) is 1.82. The van der Waals surface area contributed by atoms with Gasteiger partial charge in [0.2, 0.25) is 0 Å². The maximum absolute atomic E-state index is 13.8. The Kier molecular flexibility index (Phi) is 7.13. The molecular weight excluding hydrogens is 249 g/mol. The van der Waals surface area contributed by atoms with E-state index in [1.54, 1.807) is 6.07 Å². The topological polar surface area (TPSA) is 21.3 Å². The number of benzene rings is 1. The molecule has 102 valence electrons. The van der Waals surface area contributed by atoms with Crippen LogP contribution in [0.15, 0.2) is 18.2 Å². The van der Waals surface area contributed by atoms with Crippen LogP contribution in [0.1, 0.15) is 31.9 Å². The van der Waals surface area contributed by atoms with Crippen LogP contribution >= 0.6 is 11.8 Å². The van der Waals surface area contributed by atoms with Gasteiger partial charge in [0.1, 0.15) is 11.6 Å². The lowest BCUT2D eigenvalue weighted by Gasteiger charge is -2.13. The highest BCUT2D eigenvalue weighted by molar-refractivity contribution is 7.99. The summed E-state index contributed by atoms with van der Waals surface area (Å²) in [5.41, 5.74) is 0.673. The minimum atomic E-state index is -0.211. The lowest BCUT2D eigenvalue weighted by atomic mass is 10.1. The molecule has 0 aromatic heterocycles. The van der Waals surface area contributed by atoms with Crippen molar-refractivity contribution < 1.29 is 9.13 Å². The zero-order valence-electron chi connectivity index (χ0n) is 11.3. The summed E-state index contributed by atoms with van der Waals surface area (Å²) in [5.74, 6) is 2.62. The van der Waals surface area contributed by atoms with Crippen molar-refractivity contribution in [3.05, 3.63) is 29.6 Å². The Morgan fingerprint density at radius 1 is 1.44 bits per heavy atom. The van der Waals surface area contributed by atoms with Gasteiger partial charge in [0, 0.05) is 17.7 Å². The monoisotopic (exact) mass is 271 g/mol. The summed E-state index contributed by atoms with van der Waals surface area (Å²) in [5, 5.41) is 3.02. The van der Waals surface area contributed by atoms with Gasteiger partial charge in [0.05, 0.1) is 6.61 Å². The van der Waals surface area contributed by atoms with Crippen LogP contribution in [-0.2, 0) is 0 Å². The Labute approximate surface area is 113 Å². The van der Waals surface area contributed by atoms with E-state index in [9.17, 15) is 4.39 Å². The SMILES string of the molecule is CCSCCCOc1ccc(C(C)NC)c(F)c1. The number of ether oxygens (including phenoxy) is 1. The van der Waals surface area contributed by atoms with Crippen LogP contribution in [-0.4, -0.2) is 25.2 Å². The summed E-state index contributed by atoms with van der Waals surface area (Å²) >= 11 is 1.89. The van der Waals surface area contributed by atoms with Crippen LogP contribution in [0.2, 0.25) is 0 Å². The van der Waals surface area contributed by atoms with E-state index in [1.165, 1.54) is 6.07 Å². The normalized spacial score (nSPS) is 12.4. The Balaban J connectivity index is 2.46. The van der Waals surface area contributed by atoms with E-state index in [0.29, 0.717) is 17.9 Å². The summed E-state index contributed by atoms with van der Waals surface area (Å²) in [6, 6.07) is 5.10. The van der Waals surface area contributed by atoms with Gasteiger partial charge in [-0.3, -0.25) is 0 Å². The first-order valence-corrected chi connectivity index (χ1v) is 7.51. The molecule has 1 aromatic carbocycles. The Morgan fingerprint density at radius 2 is 2.22 bits per heavy atom. The van der Waals surface area contributed by atoms with Crippen LogP contribution in [0.25, 0.3) is 0 Å². The van der Waals surface area contributed by atoms with Crippen LogP contribution in [0.4, 0.5) is 4.39 Å². The second-order valence-electron chi connectivity index (χ2n) is 4.09. The minimum Gasteiger partial charge on any atom is -0.493 e. The van der Waals surface area contributed by atoms with Crippen molar-refractivity contribution in [2.75, 3.05) is 25.2 Å². The van der Waals surface area contributed by atoms with Gasteiger partial charge in [0.15, 0.2) is 0 Å². The molecule has 1 rings (SSSR count). The van der Waals surface area contributed by atoms with E-state index < -0.39 is 0 Å². The molecule has 1 atom stereocenters. The largest absolute Gasteiger partial charge is 0.493 e. The summed E-state index contributed by atoms with van der Waals surface area (Å²) in [6.45, 7) is 4.72. The van der Waals surface area contributed by atoms with Gasteiger partial charge in [0.25, 0.3) is 0 Å². The first-order valence-electron chi connectivity index (χ1n) is 6.36. The summed E-state index contributed by atoms with van der Waals surface area (Å²) in [6.07, 6.45) is 0.995. The molecular formula is C14H22FNOS. The number of nitrogens with one attached hydrogen (secondary N) is 1. The number of hydrogen-bond donors (Lipinski definition) is 1. The number of halogens is 1. The standard InChI is InChI=1S/C14H22FNOS/c1-4-18-9-5-8-17-12-6-7-13(11(2)16-3)14(15)10-12/h6-7,10-11,16H,4-5,8-9H2,1-3H3. The van der Waals surface area contributed by atoms with Crippen LogP contribution < -0.4 is 10.1 Å². The van der Waals surface area contributed by atoms with Gasteiger partial charge in [-0.15, -0.1) is 0 Å². The van der Waals surface area contributed by atoms with Gasteiger partial charge in [-0.05, 0) is 38.0 Å². The fourth-order valence-corrected chi connectivity index (χ4v) is 2.21. The smallest absolute Gasteiger partial charge is 0.131 e. The van der Waals surface area contributed by atoms with Gasteiger partial charge < -0.3 is 10.1 Å². The second-order valence-corrected chi connectivity index (χ2v) is 5.49. The summed E-state index contributed by atoms with van der Waals surface area (Å²) in [4.78, 5) is 0. The maximum Gasteiger partial charge on any atom is 0.131 e. The van der Waals surface area contributed by atoms with Crippen molar-refractivity contribution in [2.45, 2.75) is 26.3 Å². The molecule has 0 fully saturated rings. The van der Waals surface area contributed by atoms with Crippen molar-refractivity contribution in [2.24, 2.45) is 0 Å². The first kappa shape index (κ1) is 15.3. The number of rotatable bonds is 8. The molecule has 0 aliphatic rings. The molecule has 0 bridgehead atoms. The highest BCUT2D eigenvalue weighted by Crippen LogP contribution is 2.21. The minimum absolute atomic E-state index is 0.0139. The zero-order chi connectivity index (χ0) is 13.4. The highest BCUT2D eigenvalue weighted by Gasteiger charge is 2.09. The Bertz CT molecular complexity index is 360. The van der Waals surface area contributed by atoms with Crippen LogP contribution in [0.3, 0.4) is 0 Å². The quantitative estimate of drug-likeness (QED) is 0.730. The summed E-state index contributed by atoms with van der Waals surface area (Å²) < 4.78 is 19.3. The van der Waals surface area contributed by atoms with Crippen LogP contribution in [0, 0.1) is 5.82 Å². The molecule has 0 saturated carbocycles. The van der Waals surface area contributed by atoms with Crippen molar-refractivity contribution >= 4 is 11.8 Å². The predicted molar refractivity (Wildman–Crippen MR) is 77.0 cm³/mol. The molecule has 0 heterocycles. The van der Waals surface area contributed by atoms with E-state index in [0.717, 1.165) is 17.9 Å². The van der Waals surface area contributed by atoms with Gasteiger partial charge >= 0.3 is 0 Å². The fourth-order valence-electron chi connectivity index (χ4n) is 1.60. The van der Waals surface area contributed by atoms with Gasteiger partial charge in [-0.1, -0.05) is 13.0 Å². The first-order chi connectivity index (χ1) is 8.69. The molecule has 0 saturated heterocycles. The molecule has 1 aromatic rings. The van der Waals surface area contributed by atoms with E-state index in [4.69, 9.17) is 4.74 Å². The highest BCUT2D eigenvalue weighted by atomic mass is 32.2. The van der Waals surface area contributed by atoms with E-state index in [-0.39, 0.29) is 11.9 Å². The molecule has 1 unspecified atom stereocenters. The van der Waals surface area contributed by atoms with Gasteiger partial charge in [-0.25, -0.2) is 4.39 Å². The number of thioether (sulfide) groups is 1. The molecule has 4 heteroatoms. The molecule has 0 aliphatic heterocycles. The molecule has 0 aliphatic carbocycles. The second kappa shape index (κ2) is 8.38. The van der Waals surface area contributed by atoms with Crippen molar-refractivity contribution in [1.82, 2.24) is 5.32 Å². The Morgan fingerprint density at radius 3 is 2.83 bits per heavy atom. The average molecular weight is 271 g/mol. The molecule has 18 heavy (non-hydrogen) atoms. The van der Waals surface area contributed by atoms with Crippen molar-refractivity contribution in [3.8, 4) is 5.75 Å². The lowest BCUT2D eigenvalue weighted by molar-refractivity contribution is 0.316. The fraction of sp³-hybridized carbons (Fsp3) is 0.571. The molecule has 0 amide bonds. The molecule has 0 spiro atoms. The number of hydrogen-bond acceptors (Lipinski definition) is 3. The van der Waals surface area contributed by atoms with E-state index in [1.807, 2.05) is 31.8 Å².